The van der Waals surface area contributed by atoms with E-state index in [-0.39, 0.29) is 19.4 Å². The first kappa shape index (κ1) is 17.4. The predicted molar refractivity (Wildman–Crippen MR) is 96.0 cm³/mol. The maximum Gasteiger partial charge on any atom is 0.231 e. The molecule has 0 fully saturated rings. The molecule has 0 saturated heterocycles. The molecule has 2 aliphatic rings. The van der Waals surface area contributed by atoms with Crippen LogP contribution >= 0.6 is 0 Å². The maximum atomic E-state index is 11.4. The van der Waals surface area contributed by atoms with E-state index >= 15 is 0 Å². The second kappa shape index (κ2) is 6.96. The van der Waals surface area contributed by atoms with Crippen LogP contribution in [-0.2, 0) is 6.42 Å². The summed E-state index contributed by atoms with van der Waals surface area (Å²) in [6, 6.07) is 8.89. The van der Waals surface area contributed by atoms with Gasteiger partial charge >= 0.3 is 0 Å². The van der Waals surface area contributed by atoms with Crippen LogP contribution in [0.3, 0.4) is 0 Å². The summed E-state index contributed by atoms with van der Waals surface area (Å²) in [5.74, 6) is 2.45. The van der Waals surface area contributed by atoms with E-state index in [1.165, 1.54) is 5.01 Å². The molecule has 142 valence electrons. The minimum atomic E-state index is -0.842. The van der Waals surface area contributed by atoms with Crippen molar-refractivity contribution in [2.24, 2.45) is 5.29 Å². The Morgan fingerprint density at radius 3 is 2.52 bits per heavy atom. The average molecular weight is 372 g/mol. The van der Waals surface area contributed by atoms with Crippen molar-refractivity contribution in [3.05, 3.63) is 51.9 Å². The minimum absolute atomic E-state index is 0.112. The first-order valence-corrected chi connectivity index (χ1v) is 8.57. The molecule has 2 heterocycles. The average Bonchev–Trinajstić information content (AvgIpc) is 3.16. The molecule has 2 unspecified atom stereocenters. The van der Waals surface area contributed by atoms with E-state index in [9.17, 15) is 10.0 Å². The summed E-state index contributed by atoms with van der Waals surface area (Å²) in [7, 11) is 3.09. The highest BCUT2D eigenvalue weighted by Crippen LogP contribution is 2.43. The van der Waals surface area contributed by atoms with E-state index in [0.29, 0.717) is 35.0 Å². The van der Waals surface area contributed by atoms with Crippen LogP contribution in [0.1, 0.15) is 28.8 Å². The van der Waals surface area contributed by atoms with Crippen molar-refractivity contribution in [2.75, 3.05) is 27.6 Å². The first-order chi connectivity index (χ1) is 13.1. The summed E-state index contributed by atoms with van der Waals surface area (Å²) in [5.41, 5.74) is 2.46. The van der Waals surface area contributed by atoms with Crippen molar-refractivity contribution in [1.82, 2.24) is 5.01 Å². The Balaban J connectivity index is 1.74. The number of nitrogens with zero attached hydrogens (tertiary/aromatic N) is 2. The molecule has 0 aromatic heterocycles. The van der Waals surface area contributed by atoms with Crippen LogP contribution in [0.2, 0.25) is 0 Å². The second-order valence-electron chi connectivity index (χ2n) is 6.46. The second-order valence-corrected chi connectivity index (χ2v) is 6.46. The Morgan fingerprint density at radius 1 is 1.11 bits per heavy atom. The molecule has 0 bridgehead atoms. The standard InChI is InChI=1S/C19H20N2O6/c1-24-17-7-12-13(8-18(17)25-2)15(22)9-21(20-23)14(12)5-11-3-4-16-19(6-11)27-10-26-16/h3-4,6-8,14-15,22H,5,9-10H2,1-2H3. The molecule has 0 radical (unpaired) electrons. The number of β-amino-alcohol motifs (C(OH)–C–C–N with tert-alkyl or cyclic N) is 1. The van der Waals surface area contributed by atoms with E-state index in [1.54, 1.807) is 26.4 Å². The van der Waals surface area contributed by atoms with Gasteiger partial charge in [-0.3, -0.25) is 5.01 Å². The first-order valence-electron chi connectivity index (χ1n) is 8.57. The lowest BCUT2D eigenvalue weighted by Gasteiger charge is -2.36. The largest absolute Gasteiger partial charge is 0.493 e. The highest BCUT2D eigenvalue weighted by molar-refractivity contribution is 5.51. The molecule has 8 nitrogen and oxygen atoms in total. The molecule has 0 spiro atoms. The lowest BCUT2D eigenvalue weighted by Crippen LogP contribution is -2.35. The van der Waals surface area contributed by atoms with Crippen LogP contribution in [0.25, 0.3) is 0 Å². The van der Waals surface area contributed by atoms with Crippen molar-refractivity contribution in [3.8, 4) is 23.0 Å². The van der Waals surface area contributed by atoms with Gasteiger partial charge < -0.3 is 24.1 Å². The molecular formula is C19H20N2O6. The van der Waals surface area contributed by atoms with Crippen LogP contribution in [-0.4, -0.2) is 37.7 Å². The van der Waals surface area contributed by atoms with Crippen LogP contribution in [0, 0.1) is 4.91 Å². The number of methoxy groups -OCH3 is 2. The molecule has 2 aromatic rings. The number of fused-ring (bicyclic) bond motifs is 2. The van der Waals surface area contributed by atoms with Crippen LogP contribution < -0.4 is 18.9 Å². The number of hydrogen-bond donors (Lipinski definition) is 1. The number of ether oxygens (including phenoxy) is 4. The summed E-state index contributed by atoms with van der Waals surface area (Å²) < 4.78 is 21.5. The number of aliphatic hydroxyl groups excluding tert-OH is 1. The molecule has 2 aromatic carbocycles. The third-order valence-electron chi connectivity index (χ3n) is 5.00. The molecule has 2 atom stereocenters. The Hall–Kier alpha value is -3.00. The number of rotatable bonds is 5. The van der Waals surface area contributed by atoms with Gasteiger partial charge in [0.15, 0.2) is 23.0 Å². The fraction of sp³-hybridized carbons (Fsp3) is 0.368. The Morgan fingerprint density at radius 2 is 1.81 bits per heavy atom. The van der Waals surface area contributed by atoms with Crippen LogP contribution in [0.5, 0.6) is 23.0 Å². The van der Waals surface area contributed by atoms with Crippen molar-refractivity contribution < 1.29 is 24.1 Å². The van der Waals surface area contributed by atoms with Gasteiger partial charge in [0.1, 0.15) is 0 Å². The maximum absolute atomic E-state index is 11.4. The number of benzene rings is 2. The van der Waals surface area contributed by atoms with Gasteiger partial charge in [-0.05, 0) is 47.4 Å². The zero-order chi connectivity index (χ0) is 19.0. The summed E-state index contributed by atoms with van der Waals surface area (Å²) >= 11 is 0. The molecule has 0 saturated carbocycles. The third kappa shape index (κ3) is 3.02. The lowest BCUT2D eigenvalue weighted by atomic mass is 9.88. The predicted octanol–water partition coefficient (Wildman–Crippen LogP) is 2.75. The molecule has 0 amide bonds. The van der Waals surface area contributed by atoms with E-state index in [2.05, 4.69) is 5.29 Å². The smallest absolute Gasteiger partial charge is 0.231 e. The highest BCUT2D eigenvalue weighted by atomic mass is 16.7. The zero-order valence-electron chi connectivity index (χ0n) is 15.0. The van der Waals surface area contributed by atoms with Gasteiger partial charge in [-0.1, -0.05) is 6.07 Å². The van der Waals surface area contributed by atoms with Gasteiger partial charge in [-0.15, -0.1) is 4.91 Å². The van der Waals surface area contributed by atoms with Crippen molar-refractivity contribution in [3.63, 3.8) is 0 Å². The molecule has 2 aliphatic heterocycles. The summed E-state index contributed by atoms with van der Waals surface area (Å²) in [6.07, 6.45) is -0.331. The Bertz CT molecular complexity index is 872. The van der Waals surface area contributed by atoms with Crippen molar-refractivity contribution in [2.45, 2.75) is 18.6 Å². The van der Waals surface area contributed by atoms with Gasteiger partial charge in [0.05, 0.1) is 38.2 Å². The lowest BCUT2D eigenvalue weighted by molar-refractivity contribution is 0.0662. The van der Waals surface area contributed by atoms with Crippen LogP contribution in [0.15, 0.2) is 35.6 Å². The third-order valence-corrected chi connectivity index (χ3v) is 5.00. The molecular weight excluding hydrogens is 352 g/mol. The number of hydrogen-bond acceptors (Lipinski definition) is 7. The van der Waals surface area contributed by atoms with Gasteiger partial charge in [0.2, 0.25) is 6.79 Å². The summed E-state index contributed by atoms with van der Waals surface area (Å²) in [6.45, 7) is 0.317. The van der Waals surface area contributed by atoms with E-state index in [0.717, 1.165) is 11.1 Å². The SMILES string of the molecule is COc1cc2c(cc1OC)C(Cc1ccc3c(c1)OCO3)N(N=O)CC2O. The summed E-state index contributed by atoms with van der Waals surface area (Å²) in [5, 5.41) is 15.0. The molecule has 1 N–H and O–H groups in total. The summed E-state index contributed by atoms with van der Waals surface area (Å²) in [4.78, 5) is 11.4. The Labute approximate surface area is 156 Å². The van der Waals surface area contributed by atoms with E-state index in [1.807, 2.05) is 18.2 Å². The topological polar surface area (TPSA) is 89.8 Å². The van der Waals surface area contributed by atoms with E-state index in [4.69, 9.17) is 18.9 Å². The minimum Gasteiger partial charge on any atom is -0.493 e. The molecule has 8 heteroatoms. The quantitative estimate of drug-likeness (QED) is 0.807. The van der Waals surface area contributed by atoms with Gasteiger partial charge in [-0.2, -0.15) is 0 Å². The van der Waals surface area contributed by atoms with Crippen LogP contribution in [0.4, 0.5) is 0 Å². The fourth-order valence-electron chi connectivity index (χ4n) is 3.65. The molecule has 4 rings (SSSR count). The normalized spacial score (nSPS) is 20.2. The number of aliphatic hydroxyl groups is 1. The van der Waals surface area contributed by atoms with Gasteiger partial charge in [0.25, 0.3) is 0 Å². The monoisotopic (exact) mass is 372 g/mol. The number of nitroso groups, excluding NO2 is 1. The molecule has 27 heavy (non-hydrogen) atoms. The zero-order valence-corrected chi connectivity index (χ0v) is 15.0. The highest BCUT2D eigenvalue weighted by Gasteiger charge is 2.34. The fourth-order valence-corrected chi connectivity index (χ4v) is 3.65. The molecule has 0 aliphatic carbocycles. The van der Waals surface area contributed by atoms with Crippen molar-refractivity contribution in [1.29, 1.82) is 0 Å². The van der Waals surface area contributed by atoms with Gasteiger partial charge in [0, 0.05) is 0 Å². The van der Waals surface area contributed by atoms with E-state index < -0.39 is 6.10 Å². The van der Waals surface area contributed by atoms with Gasteiger partial charge in [-0.25, -0.2) is 0 Å². The Kier molecular flexibility index (Phi) is 4.49. The van der Waals surface area contributed by atoms with Crippen molar-refractivity contribution >= 4 is 0 Å².